The Morgan fingerprint density at radius 2 is 2.03 bits per heavy atom. The third-order valence-corrected chi connectivity index (χ3v) is 8.33. The number of pyridine rings is 1. The fourth-order valence-corrected chi connectivity index (χ4v) is 6.63. The van der Waals surface area contributed by atoms with Crippen LogP contribution in [0.2, 0.25) is 0 Å². The Hall–Kier alpha value is -1.59. The lowest BCUT2D eigenvalue weighted by molar-refractivity contribution is -0.00348. The van der Waals surface area contributed by atoms with Gasteiger partial charge in [0.1, 0.15) is 9.71 Å². The number of amides is 1. The molecule has 0 radical (unpaired) electrons. The van der Waals surface area contributed by atoms with Crippen LogP contribution in [0.25, 0.3) is 10.2 Å². The lowest BCUT2D eigenvalue weighted by atomic mass is 10.0. The highest BCUT2D eigenvalue weighted by molar-refractivity contribution is 7.86. The molecule has 0 bridgehead atoms. The fourth-order valence-electron chi connectivity index (χ4n) is 3.86. The van der Waals surface area contributed by atoms with Crippen LogP contribution >= 0.6 is 11.3 Å². The lowest BCUT2D eigenvalue weighted by Gasteiger charge is -2.34. The summed E-state index contributed by atoms with van der Waals surface area (Å²) in [5.41, 5.74) is 0.734. The van der Waals surface area contributed by atoms with Gasteiger partial charge in [0, 0.05) is 49.4 Å². The van der Waals surface area contributed by atoms with Crippen LogP contribution in [0.5, 0.6) is 0 Å². The number of hydrogen-bond donors (Lipinski definition) is 1. The summed E-state index contributed by atoms with van der Waals surface area (Å²) in [6.07, 6.45) is 2.98. The highest BCUT2D eigenvalue weighted by Crippen LogP contribution is 2.38. The molecule has 158 valence electrons. The Kier molecular flexibility index (Phi) is 5.90. The Morgan fingerprint density at radius 1 is 1.28 bits per heavy atom. The van der Waals surface area contributed by atoms with E-state index < -0.39 is 16.3 Å². The van der Waals surface area contributed by atoms with Crippen molar-refractivity contribution in [3.63, 3.8) is 0 Å². The van der Waals surface area contributed by atoms with E-state index in [0.29, 0.717) is 31.1 Å². The molecule has 0 unspecified atom stereocenters. The smallest absolute Gasteiger partial charge is 0.282 e. The first-order chi connectivity index (χ1) is 13.9. The van der Waals surface area contributed by atoms with Crippen LogP contribution in [0.15, 0.2) is 18.3 Å². The maximum absolute atomic E-state index is 13.0. The number of hydrogen-bond acceptors (Lipinski definition) is 6. The molecule has 2 saturated heterocycles. The third-order valence-electron chi connectivity index (χ3n) is 5.20. The zero-order valence-corrected chi connectivity index (χ0v) is 18.3. The number of nitrogens with one attached hydrogen (secondary N) is 1. The number of nitrogens with zero attached hydrogens (tertiary/aromatic N) is 3. The second kappa shape index (κ2) is 8.27. The molecule has 29 heavy (non-hydrogen) atoms. The molecular weight excluding hydrogens is 412 g/mol. The van der Waals surface area contributed by atoms with Crippen LogP contribution in [0.4, 0.5) is 0 Å². The molecule has 2 aliphatic heterocycles. The molecule has 4 heterocycles. The normalized spacial score (nSPS) is 21.8. The van der Waals surface area contributed by atoms with Gasteiger partial charge in [0.2, 0.25) is 0 Å². The van der Waals surface area contributed by atoms with Crippen LogP contribution in [0.1, 0.15) is 48.0 Å². The minimum atomic E-state index is -3.52. The number of carbonyl (C=O) groups is 1. The van der Waals surface area contributed by atoms with E-state index in [-0.39, 0.29) is 18.5 Å². The van der Waals surface area contributed by atoms with Gasteiger partial charge >= 0.3 is 0 Å². The van der Waals surface area contributed by atoms with Crippen LogP contribution in [0.3, 0.4) is 0 Å². The molecule has 0 aromatic carbocycles. The molecule has 10 heteroatoms. The summed E-state index contributed by atoms with van der Waals surface area (Å²) in [7, 11) is -3.52. The first-order valence-corrected chi connectivity index (χ1v) is 12.1. The van der Waals surface area contributed by atoms with E-state index in [0.717, 1.165) is 28.6 Å². The van der Waals surface area contributed by atoms with Crippen molar-refractivity contribution in [3.05, 3.63) is 28.8 Å². The van der Waals surface area contributed by atoms with Crippen molar-refractivity contribution in [3.8, 4) is 0 Å². The van der Waals surface area contributed by atoms with E-state index in [4.69, 9.17) is 4.74 Å². The molecule has 1 N–H and O–H groups in total. The Bertz CT molecular complexity index is 999. The fraction of sp³-hybridized carbons (Fsp3) is 0.579. The Morgan fingerprint density at radius 3 is 2.76 bits per heavy atom. The molecule has 1 atom stereocenters. The van der Waals surface area contributed by atoms with Gasteiger partial charge in [-0.2, -0.15) is 17.0 Å². The summed E-state index contributed by atoms with van der Waals surface area (Å²) in [6, 6.07) is 3.73. The molecule has 2 aliphatic rings. The van der Waals surface area contributed by atoms with Crippen LogP contribution in [-0.4, -0.2) is 66.7 Å². The van der Waals surface area contributed by atoms with Gasteiger partial charge in [-0.05, 0) is 32.8 Å². The molecule has 2 aromatic rings. The summed E-state index contributed by atoms with van der Waals surface area (Å²) in [6.45, 7) is 5.76. The second-order valence-corrected chi connectivity index (χ2v) is 10.6. The highest BCUT2D eigenvalue weighted by atomic mass is 32.2. The van der Waals surface area contributed by atoms with Crippen molar-refractivity contribution in [1.29, 1.82) is 0 Å². The van der Waals surface area contributed by atoms with Crippen molar-refractivity contribution < 1.29 is 17.9 Å². The number of morpholine rings is 1. The maximum atomic E-state index is 13.0. The average Bonchev–Trinajstić information content (AvgIpc) is 3.36. The SMILES string of the molecule is CC(C)NC(=O)c1sc2ncccc2c1[C@H]1CN(S(=O)(=O)N2CCCC2)CCO1. The van der Waals surface area contributed by atoms with Crippen LogP contribution in [-0.2, 0) is 14.9 Å². The Balaban J connectivity index is 1.69. The molecule has 8 nitrogen and oxygen atoms in total. The number of thiophene rings is 1. The monoisotopic (exact) mass is 438 g/mol. The van der Waals surface area contributed by atoms with Gasteiger partial charge in [0.25, 0.3) is 16.1 Å². The summed E-state index contributed by atoms with van der Waals surface area (Å²) >= 11 is 1.32. The number of fused-ring (bicyclic) bond motifs is 1. The summed E-state index contributed by atoms with van der Waals surface area (Å²) in [5, 5.41) is 3.78. The second-order valence-electron chi connectivity index (χ2n) is 7.66. The predicted octanol–water partition coefficient (Wildman–Crippen LogP) is 2.15. The average molecular weight is 439 g/mol. The quantitative estimate of drug-likeness (QED) is 0.772. The molecule has 0 aliphatic carbocycles. The van der Waals surface area contributed by atoms with Crippen molar-refractivity contribution in [2.45, 2.75) is 38.8 Å². The lowest BCUT2D eigenvalue weighted by Crippen LogP contribution is -2.48. The minimum absolute atomic E-state index is 0.00663. The summed E-state index contributed by atoms with van der Waals surface area (Å²) in [4.78, 5) is 18.5. The van der Waals surface area contributed by atoms with Crippen molar-refractivity contribution in [1.82, 2.24) is 18.9 Å². The number of ether oxygens (including phenoxy) is 1. The molecule has 0 spiro atoms. The van der Waals surface area contributed by atoms with Gasteiger partial charge in [0.05, 0.1) is 12.7 Å². The molecular formula is C19H26N4O4S2. The van der Waals surface area contributed by atoms with Crippen molar-refractivity contribution in [2.24, 2.45) is 0 Å². The van der Waals surface area contributed by atoms with E-state index in [1.54, 1.807) is 10.5 Å². The highest BCUT2D eigenvalue weighted by Gasteiger charge is 2.38. The van der Waals surface area contributed by atoms with Gasteiger partial charge in [-0.25, -0.2) is 4.98 Å². The van der Waals surface area contributed by atoms with Crippen molar-refractivity contribution >= 4 is 37.7 Å². The van der Waals surface area contributed by atoms with Crippen LogP contribution in [0, 0.1) is 0 Å². The topological polar surface area (TPSA) is 91.8 Å². The number of carbonyl (C=O) groups excluding carboxylic acids is 1. The zero-order valence-electron chi connectivity index (χ0n) is 16.6. The van der Waals surface area contributed by atoms with E-state index in [2.05, 4.69) is 10.3 Å². The van der Waals surface area contributed by atoms with E-state index in [1.807, 2.05) is 26.0 Å². The van der Waals surface area contributed by atoms with Crippen LogP contribution < -0.4 is 5.32 Å². The van der Waals surface area contributed by atoms with E-state index in [9.17, 15) is 13.2 Å². The minimum Gasteiger partial charge on any atom is -0.371 e. The van der Waals surface area contributed by atoms with Gasteiger partial charge in [0.15, 0.2) is 0 Å². The predicted molar refractivity (Wildman–Crippen MR) is 112 cm³/mol. The zero-order chi connectivity index (χ0) is 20.6. The van der Waals surface area contributed by atoms with Gasteiger partial charge in [-0.1, -0.05) is 6.07 Å². The largest absolute Gasteiger partial charge is 0.371 e. The third kappa shape index (κ3) is 4.04. The first-order valence-electron chi connectivity index (χ1n) is 9.93. The standard InChI is InChI=1S/C19H26N4O4S2/c1-13(2)21-18(24)17-16(14-6-5-7-20-19(14)28-17)15-12-23(10-11-27-15)29(25,26)22-8-3-4-9-22/h5-7,13,15H,3-4,8-12H2,1-2H3,(H,21,24)/t15-/m1/s1. The molecule has 1 amide bonds. The number of aromatic nitrogens is 1. The first kappa shape index (κ1) is 20.7. The van der Waals surface area contributed by atoms with Gasteiger partial charge in [-0.15, -0.1) is 11.3 Å². The Labute approximate surface area is 175 Å². The number of rotatable bonds is 5. The van der Waals surface area contributed by atoms with E-state index >= 15 is 0 Å². The van der Waals surface area contributed by atoms with Crippen molar-refractivity contribution in [2.75, 3.05) is 32.8 Å². The molecule has 2 fully saturated rings. The summed E-state index contributed by atoms with van der Waals surface area (Å²) in [5.74, 6) is -0.180. The summed E-state index contributed by atoms with van der Waals surface area (Å²) < 4.78 is 35.1. The maximum Gasteiger partial charge on any atom is 0.282 e. The molecule has 0 saturated carbocycles. The van der Waals surface area contributed by atoms with Gasteiger partial charge < -0.3 is 10.1 Å². The van der Waals surface area contributed by atoms with E-state index in [1.165, 1.54) is 15.6 Å². The molecule has 2 aromatic heterocycles. The molecule has 4 rings (SSSR count). The van der Waals surface area contributed by atoms with Gasteiger partial charge in [-0.3, -0.25) is 4.79 Å².